The Bertz CT molecular complexity index is 1290. The number of benzene rings is 2. The number of hydrogen-bond donors (Lipinski definition) is 2. The van der Waals surface area contributed by atoms with E-state index in [1.807, 2.05) is 60.8 Å². The molecule has 1 fully saturated rings. The number of carbonyl (C=O) groups excluding carboxylic acids is 1. The highest BCUT2D eigenvalue weighted by molar-refractivity contribution is 6.30. The van der Waals surface area contributed by atoms with Crippen molar-refractivity contribution in [3.8, 4) is 11.3 Å². The van der Waals surface area contributed by atoms with Crippen molar-refractivity contribution >= 4 is 23.5 Å². The SMILES string of the molecule is O=C(Nc1nn[nH]n1)c1ccc(CCCN2CCN(Cc3cccnc3-c3ccc(Cl)cc3)CC2)cc1. The smallest absolute Gasteiger partial charge is 0.270 e. The Morgan fingerprint density at radius 3 is 2.46 bits per heavy atom. The first kappa shape index (κ1) is 25.0. The van der Waals surface area contributed by atoms with Crippen molar-refractivity contribution in [2.75, 3.05) is 38.0 Å². The Balaban J connectivity index is 1.06. The first-order chi connectivity index (χ1) is 18.1. The summed E-state index contributed by atoms with van der Waals surface area (Å²) in [5, 5.41) is 16.5. The Morgan fingerprint density at radius 2 is 1.73 bits per heavy atom. The summed E-state index contributed by atoms with van der Waals surface area (Å²) in [6.45, 7) is 6.17. The van der Waals surface area contributed by atoms with Gasteiger partial charge >= 0.3 is 0 Å². The fourth-order valence-corrected chi connectivity index (χ4v) is 4.69. The van der Waals surface area contributed by atoms with Gasteiger partial charge in [0.25, 0.3) is 11.9 Å². The number of aryl methyl sites for hydroxylation is 1. The van der Waals surface area contributed by atoms with E-state index in [1.165, 1.54) is 11.1 Å². The van der Waals surface area contributed by atoms with Crippen molar-refractivity contribution in [1.29, 1.82) is 0 Å². The van der Waals surface area contributed by atoms with Crippen molar-refractivity contribution in [2.45, 2.75) is 19.4 Å². The highest BCUT2D eigenvalue weighted by Gasteiger charge is 2.18. The molecule has 0 unspecified atom stereocenters. The van der Waals surface area contributed by atoms with Crippen LogP contribution in [0.5, 0.6) is 0 Å². The number of H-pyrrole nitrogens is 1. The highest BCUT2D eigenvalue weighted by Crippen LogP contribution is 2.24. The van der Waals surface area contributed by atoms with Crippen LogP contribution in [0.2, 0.25) is 5.02 Å². The van der Waals surface area contributed by atoms with Gasteiger partial charge in [0.1, 0.15) is 0 Å². The van der Waals surface area contributed by atoms with Crippen LogP contribution in [0.15, 0.2) is 66.9 Å². The number of rotatable bonds is 9. The molecule has 1 saturated heterocycles. The zero-order chi connectivity index (χ0) is 25.5. The molecule has 190 valence electrons. The number of amides is 1. The van der Waals surface area contributed by atoms with Crippen LogP contribution in [0.3, 0.4) is 0 Å². The van der Waals surface area contributed by atoms with Gasteiger partial charge in [-0.1, -0.05) is 47.0 Å². The maximum atomic E-state index is 12.2. The molecule has 1 amide bonds. The number of nitrogens with one attached hydrogen (secondary N) is 2. The van der Waals surface area contributed by atoms with Crippen LogP contribution in [-0.2, 0) is 13.0 Å². The Labute approximate surface area is 220 Å². The molecule has 0 spiro atoms. The van der Waals surface area contributed by atoms with E-state index in [0.29, 0.717) is 5.56 Å². The minimum atomic E-state index is -0.252. The van der Waals surface area contributed by atoms with E-state index in [1.54, 1.807) is 0 Å². The predicted octanol–water partition coefficient (Wildman–Crippen LogP) is 3.92. The van der Waals surface area contributed by atoms with Crippen LogP contribution >= 0.6 is 11.6 Å². The van der Waals surface area contributed by atoms with Gasteiger partial charge < -0.3 is 4.90 Å². The van der Waals surface area contributed by atoms with Gasteiger partial charge in [0.2, 0.25) is 0 Å². The molecule has 0 aliphatic carbocycles. The van der Waals surface area contributed by atoms with Crippen LogP contribution in [0.1, 0.15) is 27.9 Å². The van der Waals surface area contributed by atoms with Crippen LogP contribution in [0.4, 0.5) is 5.95 Å². The van der Waals surface area contributed by atoms with Gasteiger partial charge in [-0.3, -0.25) is 20.0 Å². The largest absolute Gasteiger partial charge is 0.301 e. The third-order valence-electron chi connectivity index (χ3n) is 6.59. The molecule has 2 aromatic carbocycles. The van der Waals surface area contributed by atoms with Gasteiger partial charge in [0.15, 0.2) is 0 Å². The Morgan fingerprint density at radius 1 is 0.973 bits per heavy atom. The van der Waals surface area contributed by atoms with Crippen molar-refractivity contribution in [3.05, 3.63) is 88.6 Å². The predicted molar refractivity (Wildman–Crippen MR) is 143 cm³/mol. The number of aromatic amines is 1. The second-order valence-corrected chi connectivity index (χ2v) is 9.56. The summed E-state index contributed by atoms with van der Waals surface area (Å²) in [4.78, 5) is 21.9. The maximum Gasteiger partial charge on any atom is 0.270 e. The molecule has 2 aromatic heterocycles. The average Bonchev–Trinajstić information content (AvgIpc) is 3.44. The van der Waals surface area contributed by atoms with Crippen LogP contribution < -0.4 is 5.32 Å². The van der Waals surface area contributed by atoms with E-state index in [9.17, 15) is 4.79 Å². The summed E-state index contributed by atoms with van der Waals surface area (Å²) >= 11 is 6.06. The molecule has 3 heterocycles. The number of hydrogen-bond acceptors (Lipinski definition) is 7. The van der Waals surface area contributed by atoms with Crippen LogP contribution in [0, 0.1) is 0 Å². The van der Waals surface area contributed by atoms with Crippen LogP contribution in [0.25, 0.3) is 11.3 Å². The van der Waals surface area contributed by atoms with E-state index in [0.717, 1.165) is 68.4 Å². The number of anilines is 1. The quantitative estimate of drug-likeness (QED) is 0.347. The van der Waals surface area contributed by atoms with E-state index < -0.39 is 0 Å². The average molecular weight is 517 g/mol. The Kier molecular flexibility index (Phi) is 8.15. The molecule has 1 aliphatic rings. The summed E-state index contributed by atoms with van der Waals surface area (Å²) in [5.74, 6) is -0.0889. The monoisotopic (exact) mass is 516 g/mol. The van der Waals surface area contributed by atoms with Gasteiger partial charge in [0.05, 0.1) is 5.69 Å². The number of piperazine rings is 1. The summed E-state index contributed by atoms with van der Waals surface area (Å²) < 4.78 is 0. The molecule has 5 rings (SSSR count). The molecule has 2 N–H and O–H groups in total. The summed E-state index contributed by atoms with van der Waals surface area (Å²) in [6.07, 6.45) is 3.91. The molecule has 1 aliphatic heterocycles. The standard InChI is InChI=1S/C27H29ClN8O/c28-24-11-9-21(10-12-24)25-23(4-1-13-29-25)19-36-17-15-35(16-18-36)14-2-3-20-5-7-22(8-6-20)26(37)30-27-31-33-34-32-27/h1,4-13H,2-3,14-19H2,(H2,30,31,32,33,34,37). The first-order valence-corrected chi connectivity index (χ1v) is 12.8. The minimum Gasteiger partial charge on any atom is -0.301 e. The second-order valence-electron chi connectivity index (χ2n) is 9.13. The van der Waals surface area contributed by atoms with Gasteiger partial charge in [-0.25, -0.2) is 0 Å². The lowest BCUT2D eigenvalue weighted by atomic mass is 10.0. The fourth-order valence-electron chi connectivity index (χ4n) is 4.56. The van der Waals surface area contributed by atoms with Crippen molar-refractivity contribution in [3.63, 3.8) is 0 Å². The lowest BCUT2D eigenvalue weighted by molar-refractivity contribution is 0.102. The number of aromatic nitrogens is 5. The lowest BCUT2D eigenvalue weighted by Gasteiger charge is -2.35. The number of carbonyl (C=O) groups is 1. The molecule has 10 heteroatoms. The number of nitrogens with zero attached hydrogens (tertiary/aromatic N) is 6. The van der Waals surface area contributed by atoms with Gasteiger partial charge in [-0.2, -0.15) is 5.21 Å². The summed E-state index contributed by atoms with van der Waals surface area (Å²) in [7, 11) is 0. The zero-order valence-corrected chi connectivity index (χ0v) is 21.2. The molecule has 0 bridgehead atoms. The van der Waals surface area contributed by atoms with E-state index in [4.69, 9.17) is 11.6 Å². The van der Waals surface area contributed by atoms with Crippen LogP contribution in [-0.4, -0.2) is 74.0 Å². The maximum absolute atomic E-state index is 12.2. The lowest BCUT2D eigenvalue weighted by Crippen LogP contribution is -2.46. The summed E-state index contributed by atoms with van der Waals surface area (Å²) in [6, 6.07) is 19.8. The number of halogens is 1. The topological polar surface area (TPSA) is 103 Å². The highest BCUT2D eigenvalue weighted by atomic mass is 35.5. The molecular weight excluding hydrogens is 488 g/mol. The third kappa shape index (κ3) is 6.76. The molecule has 0 radical (unpaired) electrons. The number of pyridine rings is 1. The van der Waals surface area contributed by atoms with E-state index in [-0.39, 0.29) is 11.9 Å². The van der Waals surface area contributed by atoms with Gasteiger partial charge in [0, 0.05) is 55.1 Å². The normalized spacial score (nSPS) is 14.5. The first-order valence-electron chi connectivity index (χ1n) is 12.4. The van der Waals surface area contributed by atoms with Crippen molar-refractivity contribution in [2.24, 2.45) is 0 Å². The third-order valence-corrected chi connectivity index (χ3v) is 6.85. The zero-order valence-electron chi connectivity index (χ0n) is 20.5. The molecule has 9 nitrogen and oxygen atoms in total. The number of tetrazole rings is 1. The molecular formula is C27H29ClN8O. The van der Waals surface area contributed by atoms with Gasteiger partial charge in [-0.15, -0.1) is 5.10 Å². The second kappa shape index (κ2) is 12.1. The molecule has 37 heavy (non-hydrogen) atoms. The molecule has 4 aromatic rings. The Hall–Kier alpha value is -3.66. The van der Waals surface area contributed by atoms with Crippen molar-refractivity contribution < 1.29 is 4.79 Å². The summed E-state index contributed by atoms with van der Waals surface area (Å²) in [5.41, 5.74) is 5.16. The van der Waals surface area contributed by atoms with E-state index in [2.05, 4.69) is 46.8 Å². The minimum absolute atomic E-state index is 0.164. The molecule has 0 atom stereocenters. The van der Waals surface area contributed by atoms with E-state index >= 15 is 0 Å². The van der Waals surface area contributed by atoms with Crippen molar-refractivity contribution in [1.82, 2.24) is 35.4 Å². The fraction of sp³-hybridized carbons (Fsp3) is 0.296. The van der Waals surface area contributed by atoms with Gasteiger partial charge in [-0.05, 0) is 66.1 Å². The molecule has 0 saturated carbocycles.